The molecule has 0 radical (unpaired) electrons. The van der Waals surface area contributed by atoms with Gasteiger partial charge in [-0.25, -0.2) is 0 Å². The van der Waals surface area contributed by atoms with Crippen molar-refractivity contribution in [3.63, 3.8) is 0 Å². The fourth-order valence-electron chi connectivity index (χ4n) is 11.7. The lowest BCUT2D eigenvalue weighted by Crippen LogP contribution is -2.28. The summed E-state index contributed by atoms with van der Waals surface area (Å²) in [5.41, 5.74) is 21.3. The van der Waals surface area contributed by atoms with Crippen molar-refractivity contribution in [2.75, 3.05) is 4.90 Å². The molecule has 0 atom stereocenters. The molecule has 0 heterocycles. The lowest BCUT2D eigenvalue weighted by molar-refractivity contribution is 0.660. The van der Waals surface area contributed by atoms with Crippen LogP contribution in [0.1, 0.15) is 72.2 Å². The zero-order chi connectivity index (χ0) is 40.4. The van der Waals surface area contributed by atoms with Crippen molar-refractivity contribution >= 4 is 27.8 Å². The van der Waals surface area contributed by atoms with E-state index >= 15 is 0 Å². The standard InChI is InChI=1S/C59H45N/c1-57(2)47-27-14-12-25-45(47)54-51(57)31-18-32-52(54)60(53-37-38-19-8-9-22-42(38)56-55(53)46-26-13-15-28-48(46)58(56,3)4)41-35-33-40(34-36-41)59(39-20-6-5-7-21-39)49-29-16-10-23-43(49)44-24-11-17-30-50(44)59/h5-37H,1-4H3. The van der Waals surface area contributed by atoms with Crippen LogP contribution in [0.2, 0.25) is 0 Å². The van der Waals surface area contributed by atoms with Gasteiger partial charge in [-0.2, -0.15) is 0 Å². The van der Waals surface area contributed by atoms with Crippen LogP contribution in [0, 0.1) is 0 Å². The molecule has 0 aromatic heterocycles. The Kier molecular flexibility index (Phi) is 7.31. The molecular weight excluding hydrogens is 723 g/mol. The highest BCUT2D eigenvalue weighted by Gasteiger charge is 2.46. The SMILES string of the molecule is CC1(C)c2ccccc2-c2c(N(c3ccc(C4(c5ccccc5)c5ccccc5-c5ccccc54)cc3)c3cc4ccccc4c4c3-c3ccccc3C4(C)C)cccc21. The van der Waals surface area contributed by atoms with Gasteiger partial charge < -0.3 is 4.90 Å². The lowest BCUT2D eigenvalue weighted by atomic mass is 9.67. The Morgan fingerprint density at radius 3 is 1.52 bits per heavy atom. The van der Waals surface area contributed by atoms with Gasteiger partial charge in [-0.05, 0) is 102 Å². The van der Waals surface area contributed by atoms with Crippen molar-refractivity contribution < 1.29 is 0 Å². The minimum Gasteiger partial charge on any atom is -0.309 e. The van der Waals surface area contributed by atoms with E-state index in [-0.39, 0.29) is 10.8 Å². The molecule has 0 bridgehead atoms. The lowest BCUT2D eigenvalue weighted by Gasteiger charge is -2.35. The molecule has 1 heteroatoms. The van der Waals surface area contributed by atoms with Crippen LogP contribution in [0.15, 0.2) is 200 Å². The molecule has 9 aromatic rings. The minimum absolute atomic E-state index is 0.136. The van der Waals surface area contributed by atoms with Crippen LogP contribution in [0.4, 0.5) is 17.1 Å². The topological polar surface area (TPSA) is 3.24 Å². The number of hydrogen-bond acceptors (Lipinski definition) is 1. The van der Waals surface area contributed by atoms with E-state index in [1.54, 1.807) is 0 Å². The smallest absolute Gasteiger partial charge is 0.0713 e. The second-order valence-corrected chi connectivity index (χ2v) is 18.0. The van der Waals surface area contributed by atoms with Gasteiger partial charge in [-0.15, -0.1) is 0 Å². The Morgan fingerprint density at radius 1 is 0.350 bits per heavy atom. The Hall–Kier alpha value is -6.96. The molecule has 1 nitrogen and oxygen atoms in total. The molecule has 0 saturated carbocycles. The minimum atomic E-state index is -0.470. The summed E-state index contributed by atoms with van der Waals surface area (Å²) in [6.45, 7) is 9.58. The monoisotopic (exact) mass is 767 g/mol. The van der Waals surface area contributed by atoms with Gasteiger partial charge in [0, 0.05) is 27.6 Å². The maximum Gasteiger partial charge on any atom is 0.0713 e. The largest absolute Gasteiger partial charge is 0.309 e. The Morgan fingerprint density at radius 2 is 0.850 bits per heavy atom. The highest BCUT2D eigenvalue weighted by molar-refractivity contribution is 6.07. The molecule has 3 aliphatic rings. The average molecular weight is 768 g/mol. The van der Waals surface area contributed by atoms with E-state index in [0.29, 0.717) is 0 Å². The number of rotatable bonds is 5. The zero-order valence-corrected chi connectivity index (χ0v) is 34.5. The first-order valence-corrected chi connectivity index (χ1v) is 21.4. The van der Waals surface area contributed by atoms with Crippen molar-refractivity contribution in [2.24, 2.45) is 0 Å². The van der Waals surface area contributed by atoms with Crippen LogP contribution < -0.4 is 4.90 Å². The van der Waals surface area contributed by atoms with Gasteiger partial charge in [0.05, 0.1) is 16.8 Å². The van der Waals surface area contributed by atoms with Crippen LogP contribution in [0.3, 0.4) is 0 Å². The van der Waals surface area contributed by atoms with Crippen LogP contribution in [-0.2, 0) is 16.2 Å². The highest BCUT2D eigenvalue weighted by atomic mass is 15.1. The summed E-state index contributed by atoms with van der Waals surface area (Å²) < 4.78 is 0. The predicted octanol–water partition coefficient (Wildman–Crippen LogP) is 15.3. The normalized spacial score (nSPS) is 15.4. The van der Waals surface area contributed by atoms with Gasteiger partial charge in [0.1, 0.15) is 0 Å². The Balaban J connectivity index is 1.16. The fourth-order valence-corrected chi connectivity index (χ4v) is 11.7. The molecular formula is C59H45N. The van der Waals surface area contributed by atoms with E-state index in [2.05, 4.69) is 233 Å². The predicted molar refractivity (Wildman–Crippen MR) is 251 cm³/mol. The van der Waals surface area contributed by atoms with Crippen LogP contribution in [0.5, 0.6) is 0 Å². The van der Waals surface area contributed by atoms with Crippen molar-refractivity contribution in [3.8, 4) is 33.4 Å². The number of anilines is 3. The second kappa shape index (κ2) is 12.5. The average Bonchev–Trinajstić information content (AvgIpc) is 3.83. The third-order valence-corrected chi connectivity index (χ3v) is 14.3. The molecule has 0 aliphatic heterocycles. The van der Waals surface area contributed by atoms with E-state index in [0.717, 1.165) is 5.69 Å². The van der Waals surface area contributed by atoms with Crippen molar-refractivity contribution in [1.82, 2.24) is 0 Å². The molecule has 9 aromatic carbocycles. The van der Waals surface area contributed by atoms with Gasteiger partial charge in [-0.1, -0.05) is 204 Å². The summed E-state index contributed by atoms with van der Waals surface area (Å²) in [6.07, 6.45) is 0. The van der Waals surface area contributed by atoms with Crippen molar-refractivity contribution in [3.05, 3.63) is 245 Å². The fraction of sp³-hybridized carbons (Fsp3) is 0.119. The summed E-state index contributed by atoms with van der Waals surface area (Å²) >= 11 is 0. The van der Waals surface area contributed by atoms with Gasteiger partial charge in [-0.3, -0.25) is 0 Å². The van der Waals surface area contributed by atoms with Gasteiger partial charge >= 0.3 is 0 Å². The summed E-state index contributed by atoms with van der Waals surface area (Å²) in [5.74, 6) is 0. The van der Waals surface area contributed by atoms with Crippen LogP contribution >= 0.6 is 0 Å². The van der Waals surface area contributed by atoms with Crippen molar-refractivity contribution in [1.29, 1.82) is 0 Å². The van der Waals surface area contributed by atoms with Gasteiger partial charge in [0.25, 0.3) is 0 Å². The first kappa shape index (κ1) is 35.0. The molecule has 0 saturated heterocycles. The number of nitrogens with zero attached hydrogens (tertiary/aromatic N) is 1. The number of hydrogen-bond donors (Lipinski definition) is 0. The highest BCUT2D eigenvalue weighted by Crippen LogP contribution is 2.60. The van der Waals surface area contributed by atoms with Crippen LogP contribution in [-0.4, -0.2) is 0 Å². The molecule has 0 amide bonds. The third kappa shape index (κ3) is 4.53. The number of benzene rings is 9. The summed E-state index contributed by atoms with van der Waals surface area (Å²) in [7, 11) is 0. The molecule has 0 fully saturated rings. The molecule has 0 spiro atoms. The van der Waals surface area contributed by atoms with Gasteiger partial charge in [0.15, 0.2) is 0 Å². The first-order chi connectivity index (χ1) is 29.3. The van der Waals surface area contributed by atoms with E-state index in [4.69, 9.17) is 0 Å². The van der Waals surface area contributed by atoms with Crippen molar-refractivity contribution in [2.45, 2.75) is 43.9 Å². The number of fused-ring (bicyclic) bond motifs is 11. The van der Waals surface area contributed by atoms with E-state index in [9.17, 15) is 0 Å². The third-order valence-electron chi connectivity index (χ3n) is 14.3. The molecule has 0 unspecified atom stereocenters. The van der Waals surface area contributed by atoms with Crippen LogP contribution in [0.25, 0.3) is 44.2 Å². The first-order valence-electron chi connectivity index (χ1n) is 21.4. The molecule has 3 aliphatic carbocycles. The summed E-state index contributed by atoms with van der Waals surface area (Å²) in [4.78, 5) is 2.59. The Labute approximate surface area is 353 Å². The summed E-state index contributed by atoms with van der Waals surface area (Å²) in [6, 6.07) is 75.3. The quantitative estimate of drug-likeness (QED) is 0.169. The molecule has 12 rings (SSSR count). The maximum atomic E-state index is 2.59. The summed E-state index contributed by atoms with van der Waals surface area (Å²) in [5, 5.41) is 2.57. The molecule has 286 valence electrons. The Bertz CT molecular complexity index is 3160. The van der Waals surface area contributed by atoms with E-state index in [1.165, 1.54) is 100 Å². The van der Waals surface area contributed by atoms with E-state index in [1.807, 2.05) is 0 Å². The van der Waals surface area contributed by atoms with Gasteiger partial charge in [0.2, 0.25) is 0 Å². The zero-order valence-electron chi connectivity index (χ0n) is 34.5. The second-order valence-electron chi connectivity index (χ2n) is 18.0. The maximum absolute atomic E-state index is 2.59. The van der Waals surface area contributed by atoms with E-state index < -0.39 is 5.41 Å². The molecule has 60 heavy (non-hydrogen) atoms. The molecule has 0 N–H and O–H groups in total.